The molecule has 0 bridgehead atoms. The molecule has 1 saturated heterocycles. The minimum absolute atomic E-state index is 0.200. The van der Waals surface area contributed by atoms with Gasteiger partial charge in [-0.25, -0.2) is 13.4 Å². The number of hydrogen-bond acceptors (Lipinski definition) is 5. The van der Waals surface area contributed by atoms with Crippen LogP contribution in [0, 0.1) is 0 Å². The second-order valence-corrected chi connectivity index (χ2v) is 10.4. The van der Waals surface area contributed by atoms with E-state index in [0.717, 1.165) is 76.8 Å². The van der Waals surface area contributed by atoms with Gasteiger partial charge in [0.25, 0.3) is 0 Å². The lowest BCUT2D eigenvalue weighted by Gasteiger charge is -2.35. The molecule has 1 aliphatic heterocycles. The van der Waals surface area contributed by atoms with Gasteiger partial charge in [0.05, 0.1) is 29.3 Å². The zero-order valence-corrected chi connectivity index (χ0v) is 17.9. The molecular formula is C20H35N3O3S. The summed E-state index contributed by atoms with van der Waals surface area (Å²) in [5.74, 6) is 0. The van der Waals surface area contributed by atoms with Gasteiger partial charge in [-0.1, -0.05) is 32.6 Å². The summed E-state index contributed by atoms with van der Waals surface area (Å²) in [4.78, 5) is 6.79. The number of imidazole rings is 1. The smallest absolute Gasteiger partial charge is 0.228 e. The van der Waals surface area contributed by atoms with E-state index in [0.29, 0.717) is 5.16 Å². The van der Waals surface area contributed by atoms with E-state index in [2.05, 4.69) is 30.7 Å². The lowest BCUT2D eigenvalue weighted by atomic mass is 10.0. The standard InChI is InChI=1S/C20H35N3O3S/c1-4-5-11-23-18(15-22-13-16(2)26-17(3)14-22)12-21-20(23)27(24,25)19-9-7-6-8-10-19/h12,16-17,19H,4-11,13-15H2,1-3H3/t16-,17+. The molecule has 0 N–H and O–H groups in total. The van der Waals surface area contributed by atoms with E-state index >= 15 is 0 Å². The Morgan fingerprint density at radius 1 is 1.15 bits per heavy atom. The van der Waals surface area contributed by atoms with E-state index in [-0.39, 0.29) is 17.5 Å². The summed E-state index contributed by atoms with van der Waals surface area (Å²) in [7, 11) is -3.36. The van der Waals surface area contributed by atoms with Crippen LogP contribution in [-0.2, 0) is 27.7 Å². The quantitative estimate of drug-likeness (QED) is 0.705. The van der Waals surface area contributed by atoms with Crippen LogP contribution in [0.3, 0.4) is 0 Å². The summed E-state index contributed by atoms with van der Waals surface area (Å²) >= 11 is 0. The van der Waals surface area contributed by atoms with Crippen LogP contribution in [0.2, 0.25) is 0 Å². The Morgan fingerprint density at radius 2 is 1.81 bits per heavy atom. The van der Waals surface area contributed by atoms with Crippen LogP contribution in [-0.4, -0.2) is 53.4 Å². The highest BCUT2D eigenvalue weighted by Crippen LogP contribution is 2.29. The van der Waals surface area contributed by atoms with Crippen molar-refractivity contribution < 1.29 is 13.2 Å². The molecule has 7 heteroatoms. The van der Waals surface area contributed by atoms with Crippen molar-refractivity contribution in [2.75, 3.05) is 13.1 Å². The molecule has 0 aromatic carbocycles. The topological polar surface area (TPSA) is 64.4 Å². The summed E-state index contributed by atoms with van der Waals surface area (Å²) in [5, 5.41) is 0.0394. The first-order valence-electron chi connectivity index (χ1n) is 10.6. The average Bonchev–Trinajstić information content (AvgIpc) is 3.03. The molecule has 2 heterocycles. The van der Waals surface area contributed by atoms with E-state index in [1.54, 1.807) is 6.20 Å². The monoisotopic (exact) mass is 397 g/mol. The SMILES string of the molecule is CCCCn1c(CN2C[C@@H](C)O[C@@H](C)C2)cnc1S(=O)(=O)C1CCCCC1. The molecule has 0 radical (unpaired) electrons. The molecule has 1 aromatic heterocycles. The van der Waals surface area contributed by atoms with Crippen molar-refractivity contribution in [2.24, 2.45) is 0 Å². The number of hydrogen-bond donors (Lipinski definition) is 0. The van der Waals surface area contributed by atoms with E-state index in [4.69, 9.17) is 4.74 Å². The third kappa shape index (κ3) is 4.93. The molecule has 1 saturated carbocycles. The van der Waals surface area contributed by atoms with Crippen LogP contribution in [0.4, 0.5) is 0 Å². The summed E-state index contributed by atoms with van der Waals surface area (Å²) in [6, 6.07) is 0. The second-order valence-electron chi connectivity index (χ2n) is 8.29. The average molecular weight is 398 g/mol. The Labute approximate surface area is 164 Å². The Bertz CT molecular complexity index is 700. The first-order chi connectivity index (χ1) is 12.9. The summed E-state index contributed by atoms with van der Waals surface area (Å²) in [6.45, 7) is 9.52. The van der Waals surface area contributed by atoms with Gasteiger partial charge in [0.15, 0.2) is 0 Å². The number of aromatic nitrogens is 2. The van der Waals surface area contributed by atoms with Crippen molar-refractivity contribution in [2.45, 2.75) is 101 Å². The zero-order chi connectivity index (χ0) is 19.4. The van der Waals surface area contributed by atoms with Crippen LogP contribution in [0.1, 0.15) is 71.4 Å². The third-order valence-corrected chi connectivity index (χ3v) is 7.95. The number of rotatable bonds is 7. The van der Waals surface area contributed by atoms with Crippen LogP contribution >= 0.6 is 0 Å². The van der Waals surface area contributed by atoms with Crippen LogP contribution in [0.25, 0.3) is 0 Å². The Hall–Kier alpha value is -0.920. The summed E-state index contributed by atoms with van der Waals surface area (Å²) < 4.78 is 34.3. The Kier molecular flexibility index (Phi) is 6.98. The number of unbranched alkanes of at least 4 members (excludes halogenated alkanes) is 1. The van der Waals surface area contributed by atoms with Gasteiger partial charge < -0.3 is 9.30 Å². The second kappa shape index (κ2) is 9.05. The first kappa shape index (κ1) is 20.8. The summed E-state index contributed by atoms with van der Waals surface area (Å²) in [6.07, 6.45) is 8.90. The highest BCUT2D eigenvalue weighted by atomic mass is 32.2. The Balaban J connectivity index is 1.84. The van der Waals surface area contributed by atoms with Gasteiger partial charge in [-0.15, -0.1) is 0 Å². The third-order valence-electron chi connectivity index (χ3n) is 5.76. The van der Waals surface area contributed by atoms with Crippen molar-refractivity contribution in [3.63, 3.8) is 0 Å². The van der Waals surface area contributed by atoms with Crippen molar-refractivity contribution in [1.82, 2.24) is 14.5 Å². The van der Waals surface area contributed by atoms with Gasteiger partial charge in [-0.05, 0) is 33.1 Å². The molecule has 2 fully saturated rings. The predicted octanol–water partition coefficient (Wildman–Crippen LogP) is 3.40. The number of nitrogens with zero attached hydrogens (tertiary/aromatic N) is 3. The lowest BCUT2D eigenvalue weighted by molar-refractivity contribution is -0.0710. The van der Waals surface area contributed by atoms with Crippen molar-refractivity contribution >= 4 is 9.84 Å². The van der Waals surface area contributed by atoms with E-state index < -0.39 is 9.84 Å². The van der Waals surface area contributed by atoms with E-state index in [9.17, 15) is 8.42 Å². The van der Waals surface area contributed by atoms with E-state index in [1.165, 1.54) is 0 Å². The van der Waals surface area contributed by atoms with Gasteiger partial charge in [-0.2, -0.15) is 0 Å². The van der Waals surface area contributed by atoms with Crippen LogP contribution < -0.4 is 0 Å². The van der Waals surface area contributed by atoms with Crippen molar-refractivity contribution in [1.29, 1.82) is 0 Å². The van der Waals surface area contributed by atoms with Gasteiger partial charge in [-0.3, -0.25) is 4.90 Å². The van der Waals surface area contributed by atoms with Gasteiger partial charge in [0.1, 0.15) is 0 Å². The molecule has 0 spiro atoms. The molecule has 6 nitrogen and oxygen atoms in total. The zero-order valence-electron chi connectivity index (χ0n) is 17.1. The molecule has 1 aliphatic carbocycles. The maximum absolute atomic E-state index is 13.3. The fourth-order valence-electron chi connectivity index (χ4n) is 4.47. The molecular weight excluding hydrogens is 362 g/mol. The molecule has 2 atom stereocenters. The van der Waals surface area contributed by atoms with Gasteiger partial charge >= 0.3 is 0 Å². The minimum Gasteiger partial charge on any atom is -0.373 e. The lowest BCUT2D eigenvalue weighted by Crippen LogP contribution is -2.45. The largest absolute Gasteiger partial charge is 0.373 e. The molecule has 0 amide bonds. The first-order valence-corrected chi connectivity index (χ1v) is 12.1. The fraction of sp³-hybridized carbons (Fsp3) is 0.850. The molecule has 27 heavy (non-hydrogen) atoms. The molecule has 154 valence electrons. The van der Waals surface area contributed by atoms with E-state index in [1.807, 2.05) is 4.57 Å². The van der Waals surface area contributed by atoms with Crippen molar-refractivity contribution in [3.8, 4) is 0 Å². The maximum Gasteiger partial charge on any atom is 0.228 e. The van der Waals surface area contributed by atoms with Gasteiger partial charge in [0, 0.05) is 26.2 Å². The van der Waals surface area contributed by atoms with Crippen LogP contribution in [0.5, 0.6) is 0 Å². The van der Waals surface area contributed by atoms with Gasteiger partial charge in [0.2, 0.25) is 15.0 Å². The number of morpholine rings is 1. The minimum atomic E-state index is -3.36. The predicted molar refractivity (Wildman–Crippen MR) is 106 cm³/mol. The molecule has 2 aliphatic rings. The Morgan fingerprint density at radius 3 is 2.44 bits per heavy atom. The highest BCUT2D eigenvalue weighted by Gasteiger charge is 2.34. The fourth-order valence-corrected chi connectivity index (χ4v) is 6.44. The number of ether oxygens (including phenoxy) is 1. The molecule has 0 unspecified atom stereocenters. The number of sulfone groups is 1. The molecule has 3 rings (SSSR count). The summed E-state index contributed by atoms with van der Waals surface area (Å²) in [5.41, 5.74) is 1.01. The van der Waals surface area contributed by atoms with Crippen LogP contribution in [0.15, 0.2) is 11.4 Å². The van der Waals surface area contributed by atoms with Crippen molar-refractivity contribution in [3.05, 3.63) is 11.9 Å². The highest BCUT2D eigenvalue weighted by molar-refractivity contribution is 7.91. The molecule has 1 aromatic rings. The maximum atomic E-state index is 13.3. The normalized spacial score (nSPS) is 25.7.